The van der Waals surface area contributed by atoms with E-state index in [-0.39, 0.29) is 5.69 Å². The highest BCUT2D eigenvalue weighted by atomic mass is 19.1. The van der Waals surface area contributed by atoms with E-state index >= 15 is 0 Å². The van der Waals surface area contributed by atoms with E-state index in [9.17, 15) is 4.39 Å². The molecule has 22 heavy (non-hydrogen) atoms. The molecule has 0 unspecified atom stereocenters. The second-order valence-corrected chi connectivity index (χ2v) is 4.73. The lowest BCUT2D eigenvalue weighted by atomic mass is 10.2. The lowest BCUT2D eigenvalue weighted by Crippen LogP contribution is -1.96. The molecular formula is C16H12FN5. The zero-order valence-corrected chi connectivity index (χ0v) is 11.6. The monoisotopic (exact) mass is 293 g/mol. The third-order valence-electron chi connectivity index (χ3n) is 3.21. The highest BCUT2D eigenvalue weighted by Gasteiger charge is 2.08. The van der Waals surface area contributed by atoms with Crippen LogP contribution in [-0.2, 0) is 6.54 Å². The van der Waals surface area contributed by atoms with Crippen molar-refractivity contribution < 1.29 is 4.39 Å². The summed E-state index contributed by atoms with van der Waals surface area (Å²) in [4.78, 5) is 7.53. The highest BCUT2D eigenvalue weighted by Crippen LogP contribution is 2.20. The van der Waals surface area contributed by atoms with Crippen LogP contribution in [0.5, 0.6) is 0 Å². The van der Waals surface area contributed by atoms with Gasteiger partial charge in [-0.1, -0.05) is 0 Å². The number of hydrogen-bond donors (Lipinski definition) is 1. The fraction of sp³-hybridized carbons (Fsp3) is 0.0625. The van der Waals surface area contributed by atoms with Crippen LogP contribution in [0.25, 0.3) is 21.9 Å². The van der Waals surface area contributed by atoms with E-state index < -0.39 is 5.82 Å². The van der Waals surface area contributed by atoms with E-state index in [0.29, 0.717) is 17.9 Å². The molecule has 2 N–H and O–H groups in total. The molecule has 3 rings (SSSR count). The Kier molecular flexibility index (Phi) is 3.54. The van der Waals surface area contributed by atoms with Crippen molar-refractivity contribution in [2.45, 2.75) is 6.54 Å². The molecular weight excluding hydrogens is 281 g/mol. The Balaban J connectivity index is 1.90. The van der Waals surface area contributed by atoms with Gasteiger partial charge in [-0.05, 0) is 42.5 Å². The lowest BCUT2D eigenvalue weighted by molar-refractivity contribution is 0.633. The third kappa shape index (κ3) is 2.65. The molecule has 5 nitrogen and oxygen atoms in total. The van der Waals surface area contributed by atoms with Gasteiger partial charge in [-0.3, -0.25) is 0 Å². The summed E-state index contributed by atoms with van der Waals surface area (Å²) in [6.07, 6.45) is 1.56. The van der Waals surface area contributed by atoms with Gasteiger partial charge in [0.1, 0.15) is 12.1 Å². The molecule has 1 heterocycles. The molecule has 0 aliphatic heterocycles. The van der Waals surface area contributed by atoms with Crippen LogP contribution in [0.1, 0.15) is 5.56 Å². The molecule has 0 saturated carbocycles. The van der Waals surface area contributed by atoms with Crippen LogP contribution in [-0.4, -0.2) is 14.8 Å². The minimum atomic E-state index is -0.489. The predicted molar refractivity (Wildman–Crippen MR) is 81.5 cm³/mol. The number of aromatic nitrogens is 3. The third-order valence-corrected chi connectivity index (χ3v) is 3.21. The van der Waals surface area contributed by atoms with Gasteiger partial charge in [0.25, 0.3) is 0 Å². The quantitative estimate of drug-likeness (QED) is 0.596. The Labute approximate surface area is 126 Å². The van der Waals surface area contributed by atoms with Gasteiger partial charge in [0.15, 0.2) is 5.82 Å². The molecule has 0 saturated heterocycles. The van der Waals surface area contributed by atoms with Gasteiger partial charge in [0.2, 0.25) is 6.54 Å². The van der Waals surface area contributed by atoms with E-state index in [1.807, 2.05) is 24.3 Å². The Bertz CT molecular complexity index is 846. The molecule has 0 radical (unpaired) electrons. The SMILES string of the molecule is [C-]#[N+]Cc1ccc(-n2cnc(-c3ccc(N)c(F)c3)n2)cc1. The average molecular weight is 293 g/mol. The Hall–Kier alpha value is -3.20. The van der Waals surface area contributed by atoms with Gasteiger partial charge >= 0.3 is 0 Å². The van der Waals surface area contributed by atoms with Crippen molar-refractivity contribution in [2.24, 2.45) is 0 Å². The van der Waals surface area contributed by atoms with Crippen LogP contribution in [0.3, 0.4) is 0 Å². The Morgan fingerprint density at radius 1 is 1.18 bits per heavy atom. The molecule has 0 fully saturated rings. The second-order valence-electron chi connectivity index (χ2n) is 4.73. The average Bonchev–Trinajstić information content (AvgIpc) is 3.01. The van der Waals surface area contributed by atoms with E-state index in [0.717, 1.165) is 11.3 Å². The minimum Gasteiger partial charge on any atom is -0.396 e. The summed E-state index contributed by atoms with van der Waals surface area (Å²) in [5.41, 5.74) is 7.89. The van der Waals surface area contributed by atoms with Crippen LogP contribution < -0.4 is 5.73 Å². The smallest absolute Gasteiger partial charge is 0.239 e. The first-order chi connectivity index (χ1) is 10.7. The Morgan fingerprint density at radius 2 is 1.95 bits per heavy atom. The van der Waals surface area contributed by atoms with Gasteiger partial charge in [0, 0.05) is 11.1 Å². The van der Waals surface area contributed by atoms with Crippen molar-refractivity contribution in [1.29, 1.82) is 0 Å². The largest absolute Gasteiger partial charge is 0.396 e. The second kappa shape index (κ2) is 5.66. The summed E-state index contributed by atoms with van der Waals surface area (Å²) >= 11 is 0. The topological polar surface area (TPSA) is 61.1 Å². The van der Waals surface area contributed by atoms with Gasteiger partial charge in [-0.15, -0.1) is 5.10 Å². The molecule has 0 bridgehead atoms. The fourth-order valence-corrected chi connectivity index (χ4v) is 2.03. The number of rotatable bonds is 3. The molecule has 1 aromatic heterocycles. The van der Waals surface area contributed by atoms with E-state index in [2.05, 4.69) is 14.9 Å². The molecule has 0 aliphatic rings. The van der Waals surface area contributed by atoms with Crippen molar-refractivity contribution in [1.82, 2.24) is 14.8 Å². The normalized spacial score (nSPS) is 10.4. The number of nitrogen functional groups attached to an aromatic ring is 1. The summed E-state index contributed by atoms with van der Waals surface area (Å²) in [6.45, 7) is 7.20. The first-order valence-electron chi connectivity index (χ1n) is 6.57. The van der Waals surface area contributed by atoms with Crippen LogP contribution in [0.4, 0.5) is 10.1 Å². The van der Waals surface area contributed by atoms with E-state index in [4.69, 9.17) is 12.3 Å². The summed E-state index contributed by atoms with van der Waals surface area (Å²) in [6, 6.07) is 12.0. The van der Waals surface area contributed by atoms with Gasteiger partial charge < -0.3 is 10.6 Å². The van der Waals surface area contributed by atoms with Crippen molar-refractivity contribution in [2.75, 3.05) is 5.73 Å². The summed E-state index contributed by atoms with van der Waals surface area (Å²) in [7, 11) is 0. The zero-order chi connectivity index (χ0) is 15.5. The first kappa shape index (κ1) is 13.8. The highest BCUT2D eigenvalue weighted by molar-refractivity contribution is 5.59. The standard InChI is InChI=1S/C16H12FN5/c1-19-9-11-2-5-13(6-3-11)22-10-20-16(21-22)12-4-7-15(18)14(17)8-12/h2-8,10H,9,18H2. The van der Waals surface area contributed by atoms with Crippen molar-refractivity contribution >= 4 is 5.69 Å². The number of nitrogens with two attached hydrogens (primary N) is 1. The molecule has 0 aliphatic carbocycles. The van der Waals surface area contributed by atoms with Gasteiger partial charge in [0.05, 0.1) is 11.4 Å². The molecule has 3 aromatic rings. The van der Waals surface area contributed by atoms with Crippen molar-refractivity contribution in [3.8, 4) is 17.1 Å². The maximum absolute atomic E-state index is 13.5. The van der Waals surface area contributed by atoms with Crippen LogP contribution in [0, 0.1) is 12.4 Å². The number of nitrogens with zero attached hydrogens (tertiary/aromatic N) is 4. The first-order valence-corrected chi connectivity index (χ1v) is 6.57. The number of anilines is 1. The van der Waals surface area contributed by atoms with Gasteiger partial charge in [-0.25, -0.2) is 20.6 Å². The minimum absolute atomic E-state index is 0.0959. The number of hydrogen-bond acceptors (Lipinski definition) is 3. The zero-order valence-electron chi connectivity index (χ0n) is 11.6. The van der Waals surface area contributed by atoms with Gasteiger partial charge in [-0.2, -0.15) is 0 Å². The van der Waals surface area contributed by atoms with Crippen molar-refractivity contribution in [3.63, 3.8) is 0 Å². The van der Waals surface area contributed by atoms with E-state index in [1.165, 1.54) is 12.1 Å². The summed E-state index contributed by atoms with van der Waals surface area (Å²) in [5.74, 6) is -0.0681. The summed E-state index contributed by atoms with van der Waals surface area (Å²) < 4.78 is 15.1. The molecule has 108 valence electrons. The maximum atomic E-state index is 13.5. The van der Waals surface area contributed by atoms with Crippen molar-refractivity contribution in [3.05, 3.63) is 71.6 Å². The number of halogens is 1. The molecule has 0 spiro atoms. The van der Waals surface area contributed by atoms with Crippen LogP contribution in [0.15, 0.2) is 48.8 Å². The predicted octanol–water partition coefficient (Wildman–Crippen LogP) is 3.07. The van der Waals surface area contributed by atoms with Crippen LogP contribution in [0.2, 0.25) is 0 Å². The molecule has 2 aromatic carbocycles. The Morgan fingerprint density at radius 3 is 2.64 bits per heavy atom. The van der Waals surface area contributed by atoms with Crippen LogP contribution >= 0.6 is 0 Å². The lowest BCUT2D eigenvalue weighted by Gasteiger charge is -2.01. The number of benzene rings is 2. The fourth-order valence-electron chi connectivity index (χ4n) is 2.03. The molecule has 0 amide bonds. The molecule has 6 heteroatoms. The van der Waals surface area contributed by atoms with E-state index in [1.54, 1.807) is 17.1 Å². The summed E-state index contributed by atoms with van der Waals surface area (Å²) in [5, 5.41) is 4.33. The maximum Gasteiger partial charge on any atom is 0.239 e. The molecule has 0 atom stereocenters.